The number of carbonyl (C=O) groups is 5. The van der Waals surface area contributed by atoms with Crippen LogP contribution in [0.4, 0.5) is 0 Å². The van der Waals surface area contributed by atoms with E-state index >= 15 is 0 Å². The number of nitrogens with two attached hydrogens (primary N) is 2. The zero-order valence-electron chi connectivity index (χ0n) is 11.7. The molecule has 124 valence electrons. The van der Waals surface area contributed by atoms with Crippen LogP contribution in [-0.2, 0) is 24.0 Å². The second-order valence-electron chi connectivity index (χ2n) is 4.52. The van der Waals surface area contributed by atoms with Gasteiger partial charge in [-0.2, -0.15) is 0 Å². The molecule has 0 aromatic heterocycles. The normalized spacial score (nSPS) is 14.3. The van der Waals surface area contributed by atoms with Crippen molar-refractivity contribution in [3.05, 3.63) is 0 Å². The standard InChI is InChI=1S/C11H18N4O7/c1-4(12)9(19)14-5(3-8(17)18)10(20)15-6(11(21)22)2-7(13)16/h4-6H,2-3,12H2,1H3,(H2,13,16)(H,14,19)(H,15,20)(H,17,18)(H,21,22). The molecule has 3 atom stereocenters. The third-order valence-electron chi connectivity index (χ3n) is 2.45. The maximum atomic E-state index is 11.9. The topological polar surface area (TPSA) is 202 Å². The lowest BCUT2D eigenvalue weighted by atomic mass is 10.1. The quantitative estimate of drug-likeness (QED) is 0.254. The summed E-state index contributed by atoms with van der Waals surface area (Å²) in [6.07, 6.45) is -1.46. The van der Waals surface area contributed by atoms with E-state index in [1.807, 2.05) is 5.32 Å². The third kappa shape index (κ3) is 7.19. The Morgan fingerprint density at radius 2 is 1.45 bits per heavy atom. The van der Waals surface area contributed by atoms with Gasteiger partial charge in [0.15, 0.2) is 0 Å². The smallest absolute Gasteiger partial charge is 0.326 e. The molecule has 0 saturated carbocycles. The van der Waals surface area contributed by atoms with Crippen molar-refractivity contribution in [3.63, 3.8) is 0 Å². The Balaban J connectivity index is 5.00. The summed E-state index contributed by atoms with van der Waals surface area (Å²) < 4.78 is 0. The second-order valence-corrected chi connectivity index (χ2v) is 4.52. The molecule has 0 aromatic rings. The average Bonchev–Trinajstić information content (AvgIpc) is 2.35. The summed E-state index contributed by atoms with van der Waals surface area (Å²) in [5.41, 5.74) is 10.1. The highest BCUT2D eigenvalue weighted by Crippen LogP contribution is 1.98. The van der Waals surface area contributed by atoms with Crippen LogP contribution >= 0.6 is 0 Å². The summed E-state index contributed by atoms with van der Waals surface area (Å²) in [7, 11) is 0. The Morgan fingerprint density at radius 3 is 1.82 bits per heavy atom. The van der Waals surface area contributed by atoms with Crippen molar-refractivity contribution in [2.45, 2.75) is 37.9 Å². The van der Waals surface area contributed by atoms with Gasteiger partial charge in [0, 0.05) is 0 Å². The second kappa shape index (κ2) is 8.56. The number of nitrogens with one attached hydrogen (secondary N) is 2. The van der Waals surface area contributed by atoms with E-state index in [4.69, 9.17) is 21.7 Å². The summed E-state index contributed by atoms with van der Waals surface area (Å²) in [4.78, 5) is 55.7. The molecule has 0 heterocycles. The largest absolute Gasteiger partial charge is 0.481 e. The number of primary amides is 1. The molecule has 22 heavy (non-hydrogen) atoms. The Hall–Kier alpha value is -2.69. The minimum absolute atomic E-state index is 0.678. The van der Waals surface area contributed by atoms with E-state index in [1.165, 1.54) is 6.92 Å². The van der Waals surface area contributed by atoms with Gasteiger partial charge in [0.2, 0.25) is 17.7 Å². The lowest BCUT2D eigenvalue weighted by molar-refractivity contribution is -0.144. The van der Waals surface area contributed by atoms with Crippen molar-refractivity contribution >= 4 is 29.7 Å². The highest BCUT2D eigenvalue weighted by atomic mass is 16.4. The molecule has 0 fully saturated rings. The van der Waals surface area contributed by atoms with Gasteiger partial charge < -0.3 is 32.3 Å². The molecule has 0 aliphatic rings. The van der Waals surface area contributed by atoms with Crippen LogP contribution in [0.15, 0.2) is 0 Å². The minimum atomic E-state index is -1.63. The van der Waals surface area contributed by atoms with Gasteiger partial charge in [0.25, 0.3) is 0 Å². The molecule has 0 radical (unpaired) electrons. The van der Waals surface area contributed by atoms with Gasteiger partial charge in [-0.05, 0) is 6.92 Å². The molecule has 0 aromatic carbocycles. The number of carboxylic acid groups (broad SMARTS) is 2. The fourth-order valence-electron chi connectivity index (χ4n) is 1.36. The Labute approximate surface area is 125 Å². The van der Waals surface area contributed by atoms with E-state index in [1.54, 1.807) is 0 Å². The highest BCUT2D eigenvalue weighted by Gasteiger charge is 2.29. The van der Waals surface area contributed by atoms with Crippen LogP contribution in [0.5, 0.6) is 0 Å². The van der Waals surface area contributed by atoms with Crippen molar-refractivity contribution in [1.29, 1.82) is 0 Å². The third-order valence-corrected chi connectivity index (χ3v) is 2.45. The zero-order chi connectivity index (χ0) is 17.4. The van der Waals surface area contributed by atoms with Crippen LogP contribution in [0.25, 0.3) is 0 Å². The zero-order valence-corrected chi connectivity index (χ0v) is 11.7. The van der Waals surface area contributed by atoms with Gasteiger partial charge in [0.05, 0.1) is 18.9 Å². The van der Waals surface area contributed by atoms with Gasteiger partial charge in [-0.25, -0.2) is 4.79 Å². The van der Waals surface area contributed by atoms with Crippen molar-refractivity contribution in [2.75, 3.05) is 0 Å². The highest BCUT2D eigenvalue weighted by molar-refractivity contribution is 5.94. The fourth-order valence-corrected chi connectivity index (χ4v) is 1.36. The number of hydrogen-bond acceptors (Lipinski definition) is 6. The van der Waals surface area contributed by atoms with Gasteiger partial charge in [0.1, 0.15) is 12.1 Å². The Bertz CT molecular complexity index is 477. The van der Waals surface area contributed by atoms with Crippen LogP contribution in [0.1, 0.15) is 19.8 Å². The van der Waals surface area contributed by atoms with E-state index in [0.29, 0.717) is 0 Å². The molecule has 11 heteroatoms. The predicted molar refractivity (Wildman–Crippen MR) is 71.2 cm³/mol. The van der Waals surface area contributed by atoms with Gasteiger partial charge in [-0.15, -0.1) is 0 Å². The molecule has 3 amide bonds. The lowest BCUT2D eigenvalue weighted by Gasteiger charge is -2.20. The molecule has 0 spiro atoms. The van der Waals surface area contributed by atoms with Crippen LogP contribution in [0.2, 0.25) is 0 Å². The van der Waals surface area contributed by atoms with Gasteiger partial charge in [-0.1, -0.05) is 0 Å². The van der Waals surface area contributed by atoms with Gasteiger partial charge >= 0.3 is 11.9 Å². The number of carboxylic acids is 2. The van der Waals surface area contributed by atoms with E-state index in [0.717, 1.165) is 0 Å². The Morgan fingerprint density at radius 1 is 0.955 bits per heavy atom. The van der Waals surface area contributed by atoms with Crippen molar-refractivity contribution in [3.8, 4) is 0 Å². The first-order valence-corrected chi connectivity index (χ1v) is 6.13. The molecule has 11 nitrogen and oxygen atoms in total. The van der Waals surface area contributed by atoms with Crippen LogP contribution in [0.3, 0.4) is 0 Å². The maximum Gasteiger partial charge on any atom is 0.326 e. The number of rotatable bonds is 9. The molecule has 0 aliphatic carbocycles. The summed E-state index contributed by atoms with van der Waals surface area (Å²) in [6, 6.07) is -4.16. The van der Waals surface area contributed by atoms with E-state index in [9.17, 15) is 24.0 Å². The number of amides is 3. The number of hydrogen-bond donors (Lipinski definition) is 6. The van der Waals surface area contributed by atoms with Crippen LogP contribution < -0.4 is 22.1 Å². The fraction of sp³-hybridized carbons (Fsp3) is 0.545. The molecule has 8 N–H and O–H groups in total. The summed E-state index contributed by atoms with van der Waals surface area (Å²) in [6.45, 7) is 1.32. The summed E-state index contributed by atoms with van der Waals surface area (Å²) in [5.74, 6) is -5.76. The van der Waals surface area contributed by atoms with Crippen molar-refractivity contribution < 1.29 is 34.2 Å². The molecule has 0 saturated heterocycles. The van der Waals surface area contributed by atoms with E-state index in [-0.39, 0.29) is 0 Å². The van der Waals surface area contributed by atoms with Gasteiger partial charge in [-0.3, -0.25) is 19.2 Å². The van der Waals surface area contributed by atoms with E-state index < -0.39 is 60.6 Å². The number of carbonyl (C=O) groups excluding carboxylic acids is 3. The number of aliphatic carboxylic acids is 2. The first-order chi connectivity index (χ1) is 10.0. The molecular formula is C11H18N4O7. The average molecular weight is 318 g/mol. The molecule has 0 rings (SSSR count). The minimum Gasteiger partial charge on any atom is -0.481 e. The predicted octanol–water partition coefficient (Wildman–Crippen LogP) is -3.26. The molecule has 3 unspecified atom stereocenters. The van der Waals surface area contributed by atoms with Crippen molar-refractivity contribution in [1.82, 2.24) is 10.6 Å². The first kappa shape index (κ1) is 19.3. The SMILES string of the molecule is CC(N)C(=O)NC(CC(=O)O)C(=O)NC(CC(N)=O)C(=O)O. The van der Waals surface area contributed by atoms with Crippen molar-refractivity contribution in [2.24, 2.45) is 11.5 Å². The van der Waals surface area contributed by atoms with E-state index in [2.05, 4.69) is 5.32 Å². The molecule has 0 aliphatic heterocycles. The van der Waals surface area contributed by atoms with Crippen LogP contribution in [0, 0.1) is 0 Å². The monoisotopic (exact) mass is 318 g/mol. The summed E-state index contributed by atoms with van der Waals surface area (Å²) in [5, 5.41) is 21.6. The molecular weight excluding hydrogens is 300 g/mol. The molecule has 0 bridgehead atoms. The Kier molecular flexibility index (Phi) is 7.52. The first-order valence-electron chi connectivity index (χ1n) is 6.13. The lowest BCUT2D eigenvalue weighted by Crippen LogP contribution is -2.55. The summed E-state index contributed by atoms with van der Waals surface area (Å²) >= 11 is 0. The van der Waals surface area contributed by atoms with Crippen LogP contribution in [-0.4, -0.2) is 58.0 Å². The maximum absolute atomic E-state index is 11.9.